The lowest BCUT2D eigenvalue weighted by molar-refractivity contribution is -0.143. The third-order valence-electron chi connectivity index (χ3n) is 4.92. The first-order valence-corrected chi connectivity index (χ1v) is 9.76. The van der Waals surface area contributed by atoms with Crippen LogP contribution in [0.3, 0.4) is 0 Å². The molecule has 6 nitrogen and oxygen atoms in total. The summed E-state index contributed by atoms with van der Waals surface area (Å²) < 4.78 is 29.4. The SMILES string of the molecule is CC1=C(c2cc(C)ccc2C)S(=O)(=O)N=C1N1CCC(C(=O)O)CC1. The highest BCUT2D eigenvalue weighted by Crippen LogP contribution is 2.36. The number of carbonyl (C=O) groups is 1. The van der Waals surface area contributed by atoms with Crippen molar-refractivity contribution in [2.45, 2.75) is 33.6 Å². The van der Waals surface area contributed by atoms with E-state index in [4.69, 9.17) is 5.11 Å². The molecule has 1 N–H and O–H groups in total. The molecule has 0 unspecified atom stereocenters. The van der Waals surface area contributed by atoms with Crippen molar-refractivity contribution in [3.8, 4) is 0 Å². The number of carboxylic acid groups (broad SMARTS) is 1. The van der Waals surface area contributed by atoms with Gasteiger partial charge in [-0.3, -0.25) is 4.79 Å². The Labute approximate surface area is 147 Å². The van der Waals surface area contributed by atoms with Crippen molar-refractivity contribution < 1.29 is 18.3 Å². The van der Waals surface area contributed by atoms with Crippen LogP contribution in [-0.4, -0.2) is 43.3 Å². The van der Waals surface area contributed by atoms with Crippen LogP contribution in [0.4, 0.5) is 0 Å². The number of hydrogen-bond acceptors (Lipinski definition) is 4. The Bertz CT molecular complexity index is 892. The van der Waals surface area contributed by atoms with E-state index in [1.165, 1.54) is 0 Å². The van der Waals surface area contributed by atoms with Gasteiger partial charge < -0.3 is 10.0 Å². The van der Waals surface area contributed by atoms with Gasteiger partial charge in [0.2, 0.25) is 0 Å². The molecule has 2 heterocycles. The van der Waals surface area contributed by atoms with E-state index in [0.717, 1.165) is 11.1 Å². The number of piperidine rings is 1. The van der Waals surface area contributed by atoms with Crippen LogP contribution in [-0.2, 0) is 14.8 Å². The smallest absolute Gasteiger partial charge is 0.306 e. The zero-order valence-corrected chi connectivity index (χ0v) is 15.4. The highest BCUT2D eigenvalue weighted by atomic mass is 32.2. The normalized spacial score (nSPS) is 20.8. The Hall–Kier alpha value is -2.15. The maximum absolute atomic E-state index is 12.7. The number of benzene rings is 1. The van der Waals surface area contributed by atoms with E-state index in [0.29, 0.717) is 42.9 Å². The third-order valence-corrected chi connectivity index (χ3v) is 6.38. The van der Waals surface area contributed by atoms with E-state index < -0.39 is 16.0 Å². The number of amidine groups is 1. The van der Waals surface area contributed by atoms with Crippen LogP contribution in [0.25, 0.3) is 4.91 Å². The Morgan fingerprint density at radius 2 is 1.84 bits per heavy atom. The van der Waals surface area contributed by atoms with Gasteiger partial charge in [0.1, 0.15) is 10.7 Å². The summed E-state index contributed by atoms with van der Waals surface area (Å²) in [6.07, 6.45) is 1.00. The second-order valence-corrected chi connectivity index (χ2v) is 8.30. The van der Waals surface area contributed by atoms with E-state index in [2.05, 4.69) is 4.40 Å². The molecule has 0 bridgehead atoms. The Balaban J connectivity index is 1.97. The van der Waals surface area contributed by atoms with E-state index in [1.54, 1.807) is 6.92 Å². The third kappa shape index (κ3) is 3.20. The molecule has 0 aliphatic carbocycles. The quantitative estimate of drug-likeness (QED) is 0.874. The fourth-order valence-corrected chi connectivity index (χ4v) is 5.02. The molecule has 0 atom stereocenters. The van der Waals surface area contributed by atoms with E-state index in [9.17, 15) is 13.2 Å². The monoisotopic (exact) mass is 362 g/mol. The predicted molar refractivity (Wildman–Crippen MR) is 96.8 cm³/mol. The van der Waals surface area contributed by atoms with Crippen molar-refractivity contribution in [2.75, 3.05) is 13.1 Å². The zero-order valence-electron chi connectivity index (χ0n) is 14.6. The van der Waals surface area contributed by atoms with Gasteiger partial charge in [0, 0.05) is 18.7 Å². The molecule has 0 spiro atoms. The van der Waals surface area contributed by atoms with Crippen LogP contribution in [0.1, 0.15) is 36.5 Å². The molecular weight excluding hydrogens is 340 g/mol. The van der Waals surface area contributed by atoms with Crippen molar-refractivity contribution in [1.29, 1.82) is 0 Å². The first-order chi connectivity index (χ1) is 11.7. The number of aryl methyl sites for hydroxylation is 2. The van der Waals surface area contributed by atoms with Crippen LogP contribution in [0.15, 0.2) is 28.2 Å². The van der Waals surface area contributed by atoms with Crippen LogP contribution in [0, 0.1) is 19.8 Å². The summed E-state index contributed by atoms with van der Waals surface area (Å²) in [7, 11) is -3.75. The van der Waals surface area contributed by atoms with E-state index in [-0.39, 0.29) is 10.8 Å². The first-order valence-electron chi connectivity index (χ1n) is 8.32. The van der Waals surface area contributed by atoms with Crippen LogP contribution in [0.2, 0.25) is 0 Å². The van der Waals surface area contributed by atoms with Gasteiger partial charge in [0.25, 0.3) is 10.0 Å². The summed E-state index contributed by atoms with van der Waals surface area (Å²) >= 11 is 0. The fraction of sp³-hybridized carbons (Fsp3) is 0.444. The van der Waals surface area contributed by atoms with Gasteiger partial charge in [-0.1, -0.05) is 23.8 Å². The number of carboxylic acids is 1. The summed E-state index contributed by atoms with van der Waals surface area (Å²) in [5, 5.41) is 9.12. The number of aliphatic carboxylic acids is 1. The first kappa shape index (κ1) is 17.7. The molecule has 2 aliphatic heterocycles. The summed E-state index contributed by atoms with van der Waals surface area (Å²) in [6, 6.07) is 5.74. The lowest BCUT2D eigenvalue weighted by Gasteiger charge is -2.31. The van der Waals surface area contributed by atoms with E-state index >= 15 is 0 Å². The maximum atomic E-state index is 12.7. The standard InChI is InChI=1S/C18H22N2O4S/c1-11-4-5-12(2)15(10-11)16-13(3)17(19-25(16,23)24)20-8-6-14(7-9-20)18(21)22/h4-5,10,14H,6-9H2,1-3H3,(H,21,22). The molecule has 7 heteroatoms. The van der Waals surface area contributed by atoms with Crippen LogP contribution in [0.5, 0.6) is 0 Å². The molecule has 25 heavy (non-hydrogen) atoms. The Morgan fingerprint density at radius 3 is 2.44 bits per heavy atom. The summed E-state index contributed by atoms with van der Waals surface area (Å²) in [5.74, 6) is -0.693. The zero-order chi connectivity index (χ0) is 18.4. The maximum Gasteiger partial charge on any atom is 0.306 e. The highest BCUT2D eigenvalue weighted by molar-refractivity contribution is 8.00. The van der Waals surface area contributed by atoms with Crippen molar-refractivity contribution in [1.82, 2.24) is 4.90 Å². The highest BCUT2D eigenvalue weighted by Gasteiger charge is 2.36. The second kappa shape index (κ2) is 6.29. The molecular formula is C18H22N2O4S. The van der Waals surface area contributed by atoms with Crippen molar-refractivity contribution >= 4 is 26.7 Å². The van der Waals surface area contributed by atoms with Gasteiger partial charge in [-0.05, 0) is 44.7 Å². The molecule has 0 aromatic heterocycles. The van der Waals surface area contributed by atoms with Crippen molar-refractivity contribution in [3.05, 3.63) is 40.5 Å². The average molecular weight is 362 g/mol. The van der Waals surface area contributed by atoms with Crippen LogP contribution < -0.4 is 0 Å². The minimum absolute atomic E-state index is 0.268. The minimum atomic E-state index is -3.75. The van der Waals surface area contributed by atoms with Crippen molar-refractivity contribution in [3.63, 3.8) is 0 Å². The molecule has 3 rings (SSSR count). The lowest BCUT2D eigenvalue weighted by atomic mass is 9.96. The lowest BCUT2D eigenvalue weighted by Crippen LogP contribution is -2.40. The van der Waals surface area contributed by atoms with Gasteiger partial charge in [0.05, 0.1) is 5.92 Å². The molecule has 1 aromatic carbocycles. The van der Waals surface area contributed by atoms with Gasteiger partial charge in [-0.15, -0.1) is 4.40 Å². The molecule has 0 amide bonds. The molecule has 1 fully saturated rings. The minimum Gasteiger partial charge on any atom is -0.481 e. The molecule has 2 aliphatic rings. The second-order valence-electron chi connectivity index (χ2n) is 6.76. The molecule has 1 saturated heterocycles. The Kier molecular flexibility index (Phi) is 4.45. The molecule has 0 radical (unpaired) electrons. The summed E-state index contributed by atoms with van der Waals surface area (Å²) in [4.78, 5) is 13.3. The number of rotatable bonds is 2. The number of sulfonamides is 1. The van der Waals surface area contributed by atoms with Gasteiger partial charge in [-0.2, -0.15) is 8.42 Å². The summed E-state index contributed by atoms with van der Waals surface area (Å²) in [5.41, 5.74) is 3.22. The number of hydrogen-bond donors (Lipinski definition) is 1. The number of likely N-dealkylation sites (tertiary alicyclic amines) is 1. The molecule has 0 saturated carbocycles. The van der Waals surface area contributed by atoms with Crippen LogP contribution >= 0.6 is 0 Å². The molecule has 134 valence electrons. The Morgan fingerprint density at radius 1 is 1.20 bits per heavy atom. The van der Waals surface area contributed by atoms with Crippen molar-refractivity contribution in [2.24, 2.45) is 10.3 Å². The van der Waals surface area contributed by atoms with Gasteiger partial charge in [-0.25, -0.2) is 0 Å². The molecule has 1 aromatic rings. The predicted octanol–water partition coefficient (Wildman–Crippen LogP) is 2.57. The van der Waals surface area contributed by atoms with Gasteiger partial charge in [0.15, 0.2) is 0 Å². The summed E-state index contributed by atoms with van der Waals surface area (Å²) in [6.45, 7) is 6.61. The number of nitrogens with zero attached hydrogens (tertiary/aromatic N) is 2. The largest absolute Gasteiger partial charge is 0.481 e. The average Bonchev–Trinajstić information content (AvgIpc) is 2.79. The van der Waals surface area contributed by atoms with E-state index in [1.807, 2.05) is 36.9 Å². The van der Waals surface area contributed by atoms with Gasteiger partial charge >= 0.3 is 5.97 Å². The fourth-order valence-electron chi connectivity index (χ4n) is 3.48. The topological polar surface area (TPSA) is 87.0 Å².